The van der Waals surface area contributed by atoms with Crippen molar-refractivity contribution in [3.63, 3.8) is 0 Å². The van der Waals surface area contributed by atoms with Gasteiger partial charge in [0, 0.05) is 5.56 Å². The predicted octanol–water partition coefficient (Wildman–Crippen LogP) is 3.62. The molecule has 0 N–H and O–H groups in total. The van der Waals surface area contributed by atoms with Crippen LogP contribution in [0.1, 0.15) is 23.9 Å². The van der Waals surface area contributed by atoms with Crippen LogP contribution in [0.15, 0.2) is 4.52 Å². The molecular weight excluding hydrogens is 261 g/mol. The van der Waals surface area contributed by atoms with Crippen LogP contribution in [0.3, 0.4) is 0 Å². The molecule has 0 aromatic carbocycles. The van der Waals surface area contributed by atoms with Gasteiger partial charge < -0.3 is 4.52 Å². The van der Waals surface area contributed by atoms with E-state index in [0.29, 0.717) is 28.3 Å². The quantitative estimate of drug-likeness (QED) is 0.783. The summed E-state index contributed by atoms with van der Waals surface area (Å²) in [5.41, 5.74) is 2.22. The summed E-state index contributed by atoms with van der Waals surface area (Å²) in [7, 11) is 0. The van der Waals surface area contributed by atoms with Crippen LogP contribution in [0.2, 0.25) is 10.3 Å². The van der Waals surface area contributed by atoms with Crippen molar-refractivity contribution in [3.05, 3.63) is 27.3 Å². The van der Waals surface area contributed by atoms with E-state index in [1.165, 1.54) is 0 Å². The van der Waals surface area contributed by atoms with E-state index in [9.17, 15) is 0 Å². The largest absolute Gasteiger partial charge is 0.361 e. The molecule has 0 unspecified atom stereocenters. The number of nitrogens with zero attached hydrogens (tertiary/aromatic N) is 3. The Labute approximate surface area is 109 Å². The smallest absolute Gasteiger partial charge is 0.168 e. The Hall–Kier alpha value is -1.13. The molecular formula is C11H11Cl2N3O. The topological polar surface area (TPSA) is 51.8 Å². The van der Waals surface area contributed by atoms with Gasteiger partial charge in [0.25, 0.3) is 0 Å². The van der Waals surface area contributed by atoms with E-state index in [-0.39, 0.29) is 0 Å². The van der Waals surface area contributed by atoms with Gasteiger partial charge in [-0.1, -0.05) is 35.3 Å². The van der Waals surface area contributed by atoms with Crippen molar-refractivity contribution >= 4 is 23.2 Å². The SMILES string of the molecule is CCc1c(Cl)nc(-c2c(C)noc2C)nc1Cl. The molecule has 0 amide bonds. The number of hydrogen-bond donors (Lipinski definition) is 0. The molecule has 2 rings (SSSR count). The first-order chi connectivity index (χ1) is 8.04. The van der Waals surface area contributed by atoms with Crippen LogP contribution in [-0.2, 0) is 6.42 Å². The van der Waals surface area contributed by atoms with Crippen molar-refractivity contribution in [2.75, 3.05) is 0 Å². The Morgan fingerprint density at radius 2 is 1.71 bits per heavy atom. The van der Waals surface area contributed by atoms with Gasteiger partial charge >= 0.3 is 0 Å². The van der Waals surface area contributed by atoms with E-state index in [0.717, 1.165) is 16.8 Å². The lowest BCUT2D eigenvalue weighted by molar-refractivity contribution is 0.393. The lowest BCUT2D eigenvalue weighted by Gasteiger charge is -2.05. The maximum Gasteiger partial charge on any atom is 0.168 e. The molecule has 0 aliphatic carbocycles. The van der Waals surface area contributed by atoms with E-state index in [4.69, 9.17) is 27.7 Å². The van der Waals surface area contributed by atoms with E-state index >= 15 is 0 Å². The average molecular weight is 272 g/mol. The molecule has 0 aliphatic heterocycles. The fourth-order valence-corrected chi connectivity index (χ4v) is 2.29. The summed E-state index contributed by atoms with van der Waals surface area (Å²) in [4.78, 5) is 8.48. The lowest BCUT2D eigenvalue weighted by Crippen LogP contribution is -1.97. The summed E-state index contributed by atoms with van der Waals surface area (Å²) in [6.45, 7) is 5.57. The molecule has 4 nitrogen and oxygen atoms in total. The van der Waals surface area contributed by atoms with Crippen LogP contribution in [0, 0.1) is 13.8 Å². The Morgan fingerprint density at radius 3 is 2.12 bits per heavy atom. The van der Waals surface area contributed by atoms with Crippen molar-refractivity contribution in [1.29, 1.82) is 0 Å². The second kappa shape index (κ2) is 4.63. The maximum absolute atomic E-state index is 6.07. The minimum atomic E-state index is 0.377. The number of aromatic nitrogens is 3. The first kappa shape index (κ1) is 12.3. The van der Waals surface area contributed by atoms with Crippen LogP contribution < -0.4 is 0 Å². The average Bonchev–Trinajstić information content (AvgIpc) is 2.58. The van der Waals surface area contributed by atoms with E-state index in [2.05, 4.69) is 15.1 Å². The molecule has 0 saturated heterocycles. The number of rotatable bonds is 2. The molecule has 0 aliphatic rings. The third-order valence-corrected chi connectivity index (χ3v) is 3.14. The van der Waals surface area contributed by atoms with Crippen molar-refractivity contribution in [2.24, 2.45) is 0 Å². The van der Waals surface area contributed by atoms with Gasteiger partial charge in [-0.25, -0.2) is 9.97 Å². The van der Waals surface area contributed by atoms with Crippen molar-refractivity contribution in [3.8, 4) is 11.4 Å². The molecule has 0 spiro atoms. The van der Waals surface area contributed by atoms with Crippen LogP contribution in [-0.4, -0.2) is 15.1 Å². The van der Waals surface area contributed by atoms with E-state index in [1.54, 1.807) is 6.92 Å². The lowest BCUT2D eigenvalue weighted by atomic mass is 10.2. The highest BCUT2D eigenvalue weighted by molar-refractivity contribution is 6.34. The minimum absolute atomic E-state index is 0.377. The third-order valence-electron chi connectivity index (χ3n) is 2.52. The monoisotopic (exact) mass is 271 g/mol. The van der Waals surface area contributed by atoms with Gasteiger partial charge in [0.2, 0.25) is 0 Å². The molecule has 0 atom stereocenters. The molecule has 2 aromatic rings. The first-order valence-corrected chi connectivity index (χ1v) is 5.95. The van der Waals surface area contributed by atoms with Gasteiger partial charge in [-0.2, -0.15) is 0 Å². The van der Waals surface area contributed by atoms with Crippen molar-refractivity contribution < 1.29 is 4.52 Å². The van der Waals surface area contributed by atoms with Gasteiger partial charge in [0.1, 0.15) is 16.1 Å². The van der Waals surface area contributed by atoms with Crippen molar-refractivity contribution in [2.45, 2.75) is 27.2 Å². The van der Waals surface area contributed by atoms with Gasteiger partial charge in [-0.05, 0) is 20.3 Å². The Kier molecular flexibility index (Phi) is 3.35. The summed E-state index contributed by atoms with van der Waals surface area (Å²) in [5.74, 6) is 1.10. The number of hydrogen-bond acceptors (Lipinski definition) is 4. The van der Waals surface area contributed by atoms with Gasteiger partial charge in [0.05, 0.1) is 11.3 Å². The van der Waals surface area contributed by atoms with E-state index in [1.807, 2.05) is 13.8 Å². The normalized spacial score (nSPS) is 10.9. The summed E-state index contributed by atoms with van der Waals surface area (Å²) >= 11 is 12.1. The van der Waals surface area contributed by atoms with Gasteiger partial charge in [-0.15, -0.1) is 0 Å². The summed E-state index contributed by atoms with van der Waals surface area (Å²) in [6.07, 6.45) is 0.694. The Balaban J connectivity index is 2.62. The van der Waals surface area contributed by atoms with Crippen LogP contribution in [0.4, 0.5) is 0 Å². The first-order valence-electron chi connectivity index (χ1n) is 5.19. The minimum Gasteiger partial charge on any atom is -0.361 e. The summed E-state index contributed by atoms with van der Waals surface area (Å²) in [6, 6.07) is 0. The Morgan fingerprint density at radius 1 is 1.12 bits per heavy atom. The zero-order valence-corrected chi connectivity index (χ0v) is 11.2. The standard InChI is InChI=1S/C11H11Cl2N3O/c1-4-7-9(12)14-11(15-10(7)13)8-5(2)16-17-6(8)3/h4H2,1-3H3. The predicted molar refractivity (Wildman–Crippen MR) is 66.4 cm³/mol. The molecule has 0 fully saturated rings. The molecule has 2 heterocycles. The molecule has 0 saturated carbocycles. The van der Waals surface area contributed by atoms with E-state index < -0.39 is 0 Å². The van der Waals surface area contributed by atoms with Gasteiger partial charge in [0.15, 0.2) is 5.82 Å². The molecule has 0 bridgehead atoms. The maximum atomic E-state index is 6.07. The van der Waals surface area contributed by atoms with Crippen molar-refractivity contribution in [1.82, 2.24) is 15.1 Å². The second-order valence-corrected chi connectivity index (χ2v) is 4.38. The fraction of sp³-hybridized carbons (Fsp3) is 0.364. The zero-order valence-electron chi connectivity index (χ0n) is 9.71. The molecule has 17 heavy (non-hydrogen) atoms. The Bertz CT molecular complexity index is 523. The number of halogens is 2. The highest BCUT2D eigenvalue weighted by Crippen LogP contribution is 2.29. The third kappa shape index (κ3) is 2.15. The van der Waals surface area contributed by atoms with Crippen LogP contribution >= 0.6 is 23.2 Å². The van der Waals surface area contributed by atoms with Gasteiger partial charge in [-0.3, -0.25) is 0 Å². The number of aryl methyl sites for hydroxylation is 2. The fourth-order valence-electron chi connectivity index (χ4n) is 1.64. The summed E-state index contributed by atoms with van der Waals surface area (Å²) in [5, 5.41) is 4.61. The second-order valence-electron chi connectivity index (χ2n) is 3.66. The zero-order chi connectivity index (χ0) is 12.6. The molecule has 90 valence electrons. The molecule has 6 heteroatoms. The molecule has 2 aromatic heterocycles. The highest BCUT2D eigenvalue weighted by atomic mass is 35.5. The summed E-state index contributed by atoms with van der Waals surface area (Å²) < 4.78 is 5.07. The highest BCUT2D eigenvalue weighted by Gasteiger charge is 2.17. The molecule has 0 radical (unpaired) electrons. The van der Waals surface area contributed by atoms with Crippen LogP contribution in [0.25, 0.3) is 11.4 Å². The van der Waals surface area contributed by atoms with Crippen LogP contribution in [0.5, 0.6) is 0 Å².